The van der Waals surface area contributed by atoms with E-state index < -0.39 is 6.43 Å². The number of hydrogen-bond acceptors (Lipinski definition) is 3. The second-order valence-electron chi connectivity index (χ2n) is 2.53. The Hall–Kier alpha value is -1.22. The second-order valence-corrected chi connectivity index (χ2v) is 3.32. The van der Waals surface area contributed by atoms with Crippen molar-refractivity contribution in [2.24, 2.45) is 0 Å². The molecule has 0 fully saturated rings. The summed E-state index contributed by atoms with van der Waals surface area (Å²) in [5.74, 6) is 0.0998. The van der Waals surface area contributed by atoms with Crippen molar-refractivity contribution < 1.29 is 8.78 Å². The number of nitrogens with zero attached hydrogens (tertiary/aromatic N) is 2. The zero-order valence-electron chi connectivity index (χ0n) is 6.97. The van der Waals surface area contributed by atoms with Crippen LogP contribution in [0.15, 0.2) is 10.7 Å². The van der Waals surface area contributed by atoms with E-state index in [0.717, 1.165) is 6.20 Å². The van der Waals surface area contributed by atoms with Crippen LogP contribution in [0.25, 0.3) is 0 Å². The average Bonchev–Trinajstić information content (AvgIpc) is 2.11. The van der Waals surface area contributed by atoms with Gasteiger partial charge in [-0.2, -0.15) is 5.26 Å². The third-order valence-electron chi connectivity index (χ3n) is 1.66. The van der Waals surface area contributed by atoms with Crippen molar-refractivity contribution in [2.45, 2.75) is 12.8 Å². The maximum atomic E-state index is 12.4. The Kier molecular flexibility index (Phi) is 3.36. The first-order valence-corrected chi connectivity index (χ1v) is 4.45. The molecule has 0 aliphatic heterocycles. The summed E-state index contributed by atoms with van der Waals surface area (Å²) in [5.41, 5.74) is 5.50. The minimum atomic E-state index is -2.63. The molecule has 0 atom stereocenters. The summed E-state index contributed by atoms with van der Waals surface area (Å²) in [7, 11) is 0. The van der Waals surface area contributed by atoms with E-state index in [0.29, 0.717) is 5.56 Å². The number of alkyl halides is 2. The Labute approximate surface area is 87.7 Å². The zero-order chi connectivity index (χ0) is 10.7. The SMILES string of the molecule is N#CCc1c(N)ncc(C(F)F)c1Br. The van der Waals surface area contributed by atoms with E-state index in [2.05, 4.69) is 20.9 Å². The van der Waals surface area contributed by atoms with Crippen molar-refractivity contribution in [3.05, 3.63) is 21.8 Å². The molecule has 1 rings (SSSR count). The quantitative estimate of drug-likeness (QED) is 0.890. The van der Waals surface area contributed by atoms with Gasteiger partial charge in [0.1, 0.15) is 5.82 Å². The largest absolute Gasteiger partial charge is 0.383 e. The summed E-state index contributed by atoms with van der Waals surface area (Å²) in [4.78, 5) is 3.60. The van der Waals surface area contributed by atoms with E-state index in [9.17, 15) is 8.78 Å². The minimum absolute atomic E-state index is 0.0417. The molecular formula is C8H6BrF2N3. The first-order chi connectivity index (χ1) is 6.57. The molecule has 1 heterocycles. The van der Waals surface area contributed by atoms with Crippen LogP contribution in [0.3, 0.4) is 0 Å². The van der Waals surface area contributed by atoms with Crippen LogP contribution in [0.2, 0.25) is 0 Å². The van der Waals surface area contributed by atoms with Gasteiger partial charge in [-0.15, -0.1) is 0 Å². The molecule has 14 heavy (non-hydrogen) atoms. The molecular weight excluding hydrogens is 256 g/mol. The maximum Gasteiger partial charge on any atom is 0.266 e. The fourth-order valence-electron chi connectivity index (χ4n) is 0.960. The average molecular weight is 262 g/mol. The van der Waals surface area contributed by atoms with Crippen LogP contribution in [0.4, 0.5) is 14.6 Å². The lowest BCUT2D eigenvalue weighted by Crippen LogP contribution is -2.01. The fourth-order valence-corrected chi connectivity index (χ4v) is 1.58. The molecule has 0 saturated heterocycles. The standard InChI is InChI=1S/C8H6BrF2N3/c9-6-4(1-2-12)8(13)14-3-5(6)7(10)11/h3,7H,1H2,(H2,13,14). The van der Waals surface area contributed by atoms with E-state index in [1.54, 1.807) is 0 Å². The zero-order valence-corrected chi connectivity index (χ0v) is 8.55. The molecule has 1 aromatic rings. The summed E-state index contributed by atoms with van der Waals surface area (Å²) in [6, 6.07) is 1.84. The molecule has 0 aliphatic rings. The molecule has 0 aromatic carbocycles. The molecule has 0 aliphatic carbocycles. The molecule has 6 heteroatoms. The number of pyridine rings is 1. The van der Waals surface area contributed by atoms with Crippen molar-refractivity contribution in [1.82, 2.24) is 4.98 Å². The van der Waals surface area contributed by atoms with Crippen molar-refractivity contribution in [3.63, 3.8) is 0 Å². The number of nitriles is 1. The Balaban J connectivity index is 3.27. The fraction of sp³-hybridized carbons (Fsp3) is 0.250. The molecule has 0 spiro atoms. The number of halogens is 3. The number of nitrogen functional groups attached to an aromatic ring is 1. The Morgan fingerprint density at radius 2 is 2.29 bits per heavy atom. The number of hydrogen-bond donors (Lipinski definition) is 1. The summed E-state index contributed by atoms with van der Waals surface area (Å²) < 4.78 is 24.9. The molecule has 2 N–H and O–H groups in total. The van der Waals surface area contributed by atoms with Gasteiger partial charge in [0.15, 0.2) is 0 Å². The summed E-state index contributed by atoms with van der Waals surface area (Å²) in [6.07, 6.45) is -1.67. The van der Waals surface area contributed by atoms with Gasteiger partial charge in [-0.05, 0) is 15.9 Å². The van der Waals surface area contributed by atoms with Gasteiger partial charge >= 0.3 is 0 Å². The van der Waals surface area contributed by atoms with E-state index >= 15 is 0 Å². The van der Waals surface area contributed by atoms with Crippen molar-refractivity contribution in [1.29, 1.82) is 5.26 Å². The third kappa shape index (κ3) is 1.99. The van der Waals surface area contributed by atoms with Crippen LogP contribution < -0.4 is 5.73 Å². The Bertz CT molecular complexity index is 387. The molecule has 1 aromatic heterocycles. The first kappa shape index (κ1) is 10.9. The summed E-state index contributed by atoms with van der Waals surface area (Å²) in [5, 5.41) is 8.46. The first-order valence-electron chi connectivity index (χ1n) is 3.65. The van der Waals surface area contributed by atoms with Gasteiger partial charge in [-0.25, -0.2) is 13.8 Å². The van der Waals surface area contributed by atoms with Crippen LogP contribution in [-0.2, 0) is 6.42 Å². The molecule has 0 saturated carbocycles. The van der Waals surface area contributed by atoms with E-state index in [1.165, 1.54) is 0 Å². The van der Waals surface area contributed by atoms with Gasteiger partial charge < -0.3 is 5.73 Å². The molecule has 0 amide bonds. The highest BCUT2D eigenvalue weighted by Gasteiger charge is 2.17. The molecule has 0 bridgehead atoms. The van der Waals surface area contributed by atoms with Crippen LogP contribution >= 0.6 is 15.9 Å². The predicted octanol–water partition coefficient (Wildman–Crippen LogP) is 2.43. The molecule has 0 unspecified atom stereocenters. The lowest BCUT2D eigenvalue weighted by Gasteiger charge is -2.08. The van der Waals surface area contributed by atoms with Crippen LogP contribution in [0, 0.1) is 11.3 Å². The molecule has 0 radical (unpaired) electrons. The predicted molar refractivity (Wildman–Crippen MR) is 50.6 cm³/mol. The third-order valence-corrected chi connectivity index (χ3v) is 2.60. The number of anilines is 1. The van der Waals surface area contributed by atoms with Gasteiger partial charge in [0, 0.05) is 16.2 Å². The van der Waals surface area contributed by atoms with E-state index in [4.69, 9.17) is 11.0 Å². The number of nitrogens with two attached hydrogens (primary N) is 1. The van der Waals surface area contributed by atoms with Gasteiger partial charge in [-0.3, -0.25) is 0 Å². The Morgan fingerprint density at radius 1 is 1.64 bits per heavy atom. The molecule has 74 valence electrons. The lowest BCUT2D eigenvalue weighted by molar-refractivity contribution is 0.150. The summed E-state index contributed by atoms with van der Waals surface area (Å²) >= 11 is 2.98. The highest BCUT2D eigenvalue weighted by molar-refractivity contribution is 9.10. The highest BCUT2D eigenvalue weighted by atomic mass is 79.9. The second kappa shape index (κ2) is 4.33. The van der Waals surface area contributed by atoms with Crippen molar-refractivity contribution in [3.8, 4) is 6.07 Å². The van der Waals surface area contributed by atoms with Gasteiger partial charge in [0.05, 0.1) is 18.1 Å². The van der Waals surface area contributed by atoms with Crippen LogP contribution in [0.5, 0.6) is 0 Å². The minimum Gasteiger partial charge on any atom is -0.383 e. The molecule has 3 nitrogen and oxygen atoms in total. The van der Waals surface area contributed by atoms with Gasteiger partial charge in [-0.1, -0.05) is 0 Å². The smallest absolute Gasteiger partial charge is 0.266 e. The van der Waals surface area contributed by atoms with Gasteiger partial charge in [0.2, 0.25) is 0 Å². The van der Waals surface area contributed by atoms with Gasteiger partial charge in [0.25, 0.3) is 6.43 Å². The normalized spacial score (nSPS) is 10.2. The monoisotopic (exact) mass is 261 g/mol. The maximum absolute atomic E-state index is 12.4. The van der Waals surface area contributed by atoms with E-state index in [-0.39, 0.29) is 22.3 Å². The van der Waals surface area contributed by atoms with Crippen LogP contribution in [0.1, 0.15) is 17.6 Å². The number of aromatic nitrogens is 1. The summed E-state index contributed by atoms with van der Waals surface area (Å²) in [6.45, 7) is 0. The number of rotatable bonds is 2. The lowest BCUT2D eigenvalue weighted by atomic mass is 10.1. The Morgan fingerprint density at radius 3 is 2.79 bits per heavy atom. The highest BCUT2D eigenvalue weighted by Crippen LogP contribution is 2.31. The van der Waals surface area contributed by atoms with E-state index in [1.807, 2.05) is 6.07 Å². The van der Waals surface area contributed by atoms with Crippen LogP contribution in [-0.4, -0.2) is 4.98 Å². The van der Waals surface area contributed by atoms with Crippen molar-refractivity contribution in [2.75, 3.05) is 5.73 Å². The van der Waals surface area contributed by atoms with Crippen molar-refractivity contribution >= 4 is 21.7 Å². The topological polar surface area (TPSA) is 62.7 Å².